The maximum absolute atomic E-state index is 13.0. The van der Waals surface area contributed by atoms with Crippen LogP contribution in [-0.2, 0) is 13.5 Å². The van der Waals surface area contributed by atoms with Gasteiger partial charge < -0.3 is 19.9 Å². The highest BCUT2D eigenvalue weighted by molar-refractivity contribution is 5.94. The molecule has 0 aliphatic carbocycles. The van der Waals surface area contributed by atoms with Crippen molar-refractivity contribution in [1.82, 2.24) is 24.6 Å². The number of H-pyrrole nitrogens is 1. The molecule has 0 unspecified atom stereocenters. The van der Waals surface area contributed by atoms with Crippen LogP contribution in [0, 0.1) is 5.92 Å². The Morgan fingerprint density at radius 2 is 2.03 bits per heavy atom. The van der Waals surface area contributed by atoms with Gasteiger partial charge in [-0.3, -0.25) is 14.5 Å². The van der Waals surface area contributed by atoms with E-state index < -0.39 is 0 Å². The molecule has 1 aliphatic rings. The predicted octanol–water partition coefficient (Wildman–Crippen LogP) is 4.19. The first-order chi connectivity index (χ1) is 16.9. The molecule has 1 aliphatic heterocycles. The molecule has 35 heavy (non-hydrogen) atoms. The molecule has 188 valence electrons. The van der Waals surface area contributed by atoms with Gasteiger partial charge in [-0.05, 0) is 57.2 Å². The Hall–Kier alpha value is -3.36. The van der Waals surface area contributed by atoms with Gasteiger partial charge in [0.05, 0.1) is 17.9 Å². The number of anilines is 1. The van der Waals surface area contributed by atoms with Crippen molar-refractivity contribution in [3.63, 3.8) is 0 Å². The highest BCUT2D eigenvalue weighted by atomic mass is 16.5. The minimum Gasteiger partial charge on any atom is -0.493 e. The van der Waals surface area contributed by atoms with Crippen LogP contribution in [0.2, 0.25) is 0 Å². The van der Waals surface area contributed by atoms with Gasteiger partial charge in [-0.2, -0.15) is 5.10 Å². The molecule has 2 aromatic heterocycles. The Morgan fingerprint density at radius 1 is 1.26 bits per heavy atom. The lowest BCUT2D eigenvalue weighted by Gasteiger charge is -2.33. The van der Waals surface area contributed by atoms with Crippen LogP contribution in [0.25, 0.3) is 22.4 Å². The fraction of sp³-hybridized carbons (Fsp3) is 0.538. The van der Waals surface area contributed by atoms with Gasteiger partial charge in [-0.15, -0.1) is 0 Å². The molecule has 0 bridgehead atoms. The smallest absolute Gasteiger partial charge is 0.277 e. The molecule has 0 spiro atoms. The van der Waals surface area contributed by atoms with Crippen LogP contribution in [-0.4, -0.2) is 56.8 Å². The number of rotatable bonds is 7. The maximum Gasteiger partial charge on any atom is 0.277 e. The Balaban J connectivity index is 1.75. The van der Waals surface area contributed by atoms with Crippen LogP contribution in [0.15, 0.2) is 28.0 Å². The van der Waals surface area contributed by atoms with E-state index in [0.29, 0.717) is 35.8 Å². The molecule has 1 saturated heterocycles. The zero-order valence-electron chi connectivity index (χ0n) is 21.5. The minimum absolute atomic E-state index is 0.209. The van der Waals surface area contributed by atoms with E-state index in [0.717, 1.165) is 67.6 Å². The Bertz CT molecular complexity index is 1250. The van der Waals surface area contributed by atoms with Crippen molar-refractivity contribution < 1.29 is 4.74 Å². The summed E-state index contributed by atoms with van der Waals surface area (Å²) in [6, 6.07) is 5.88. The third-order valence-corrected chi connectivity index (χ3v) is 6.43. The molecule has 1 fully saturated rings. The van der Waals surface area contributed by atoms with Crippen LogP contribution in [0.1, 0.15) is 52.7 Å². The highest BCUT2D eigenvalue weighted by Crippen LogP contribution is 2.32. The van der Waals surface area contributed by atoms with E-state index in [2.05, 4.69) is 34.1 Å². The third-order valence-electron chi connectivity index (χ3n) is 6.43. The number of nitrogens with zero attached hydrogens (tertiary/aromatic N) is 5. The number of nitrogens with one attached hydrogen (secondary N) is 2. The summed E-state index contributed by atoms with van der Waals surface area (Å²) in [5.41, 5.74) is 3.35. The fourth-order valence-corrected chi connectivity index (χ4v) is 4.57. The average molecular weight is 480 g/mol. The van der Waals surface area contributed by atoms with Crippen molar-refractivity contribution in [3.05, 3.63) is 34.2 Å². The van der Waals surface area contributed by atoms with E-state index in [9.17, 15) is 4.79 Å². The molecule has 9 nitrogen and oxygen atoms in total. The first kappa shape index (κ1) is 24.8. The summed E-state index contributed by atoms with van der Waals surface area (Å²) in [7, 11) is 1.78. The molecule has 1 aromatic carbocycles. The van der Waals surface area contributed by atoms with E-state index in [1.54, 1.807) is 11.7 Å². The predicted molar refractivity (Wildman–Crippen MR) is 141 cm³/mol. The summed E-state index contributed by atoms with van der Waals surface area (Å²) in [5, 5.41) is 8.05. The summed E-state index contributed by atoms with van der Waals surface area (Å²) < 4.78 is 7.53. The third kappa shape index (κ3) is 5.33. The molecular formula is C26H37N7O2. The van der Waals surface area contributed by atoms with Crippen molar-refractivity contribution in [2.24, 2.45) is 18.0 Å². The zero-order valence-corrected chi connectivity index (χ0v) is 21.5. The number of fused-ring (bicyclic) bond motifs is 1. The lowest BCUT2D eigenvalue weighted by atomic mass is 9.99. The van der Waals surface area contributed by atoms with E-state index in [4.69, 9.17) is 14.7 Å². The van der Waals surface area contributed by atoms with Gasteiger partial charge in [0.2, 0.25) is 0 Å². The van der Waals surface area contributed by atoms with E-state index >= 15 is 0 Å². The molecule has 2 N–H and O–H groups in total. The zero-order chi connectivity index (χ0) is 24.9. The molecular weight excluding hydrogens is 442 g/mol. The van der Waals surface area contributed by atoms with Crippen LogP contribution >= 0.6 is 0 Å². The van der Waals surface area contributed by atoms with Gasteiger partial charge in [0, 0.05) is 32.4 Å². The second kappa shape index (κ2) is 10.9. The largest absolute Gasteiger partial charge is 0.493 e. The number of piperidine rings is 1. The number of likely N-dealkylation sites (tertiary alicyclic amines) is 1. The molecule has 0 saturated carbocycles. The highest BCUT2D eigenvalue weighted by Gasteiger charge is 2.21. The van der Waals surface area contributed by atoms with E-state index in [1.807, 2.05) is 32.0 Å². The summed E-state index contributed by atoms with van der Waals surface area (Å²) >= 11 is 0. The maximum atomic E-state index is 13.0. The number of aliphatic imine (C=N–C) groups is 1. The van der Waals surface area contributed by atoms with Crippen molar-refractivity contribution in [2.45, 2.75) is 53.4 Å². The van der Waals surface area contributed by atoms with Gasteiger partial charge in [-0.1, -0.05) is 20.3 Å². The van der Waals surface area contributed by atoms with Crippen molar-refractivity contribution >= 4 is 22.7 Å². The quantitative estimate of drug-likeness (QED) is 0.389. The molecule has 3 aromatic rings. The number of aromatic amines is 1. The fourth-order valence-electron chi connectivity index (χ4n) is 4.57. The average Bonchev–Trinajstić information content (AvgIpc) is 3.16. The van der Waals surface area contributed by atoms with Gasteiger partial charge >= 0.3 is 0 Å². The summed E-state index contributed by atoms with van der Waals surface area (Å²) in [6.45, 7) is 11.6. The normalized spacial score (nSPS) is 15.1. The monoisotopic (exact) mass is 479 g/mol. The number of ether oxygens (including phenoxy) is 1. The van der Waals surface area contributed by atoms with Crippen molar-refractivity contribution in [3.8, 4) is 17.1 Å². The first-order valence-electron chi connectivity index (χ1n) is 12.7. The van der Waals surface area contributed by atoms with Gasteiger partial charge in [-0.25, -0.2) is 4.98 Å². The van der Waals surface area contributed by atoms with Crippen molar-refractivity contribution in [2.75, 3.05) is 31.6 Å². The number of aryl methyl sites for hydroxylation is 2. The van der Waals surface area contributed by atoms with E-state index in [1.165, 1.54) is 0 Å². The SMILES string of the molecule is CCCc1nn(C)c2c(=O)[nH]c(-c3cc(NC(=NCC)N4CCC(C)CC4)ccc3OCC)nc12. The Kier molecular flexibility index (Phi) is 7.73. The topological polar surface area (TPSA) is 100 Å². The standard InChI is InChI=1S/C26H37N7O2/c1-6-9-20-22-23(32(5)31-20)25(34)30-24(29-22)19-16-18(10-11-21(19)35-8-3)28-26(27-7-2)33-14-12-17(4)13-15-33/h10-11,16-17H,6-9,12-15H2,1-5H3,(H,27,28)(H,29,30,34). The summed E-state index contributed by atoms with van der Waals surface area (Å²) in [4.78, 5) is 27.9. The summed E-state index contributed by atoms with van der Waals surface area (Å²) in [6.07, 6.45) is 4.01. The Morgan fingerprint density at radius 3 is 2.71 bits per heavy atom. The molecule has 0 amide bonds. The van der Waals surface area contributed by atoms with Crippen LogP contribution < -0.4 is 15.6 Å². The molecule has 0 radical (unpaired) electrons. The lowest BCUT2D eigenvalue weighted by Crippen LogP contribution is -2.41. The van der Waals surface area contributed by atoms with Crippen molar-refractivity contribution in [1.29, 1.82) is 0 Å². The molecule has 0 atom stereocenters. The van der Waals surface area contributed by atoms with Gasteiger partial charge in [0.15, 0.2) is 11.5 Å². The van der Waals surface area contributed by atoms with Crippen LogP contribution in [0.3, 0.4) is 0 Å². The van der Waals surface area contributed by atoms with E-state index in [-0.39, 0.29) is 5.56 Å². The Labute approximate surface area is 206 Å². The molecule has 9 heteroatoms. The lowest BCUT2D eigenvalue weighted by molar-refractivity contribution is 0.279. The van der Waals surface area contributed by atoms with Crippen LogP contribution in [0.5, 0.6) is 5.75 Å². The molecule has 4 rings (SSSR count). The molecule has 3 heterocycles. The number of hydrogen-bond donors (Lipinski definition) is 2. The first-order valence-corrected chi connectivity index (χ1v) is 12.7. The summed E-state index contributed by atoms with van der Waals surface area (Å²) in [5.74, 6) is 2.76. The van der Waals surface area contributed by atoms with Gasteiger partial charge in [0.25, 0.3) is 5.56 Å². The second-order valence-corrected chi connectivity index (χ2v) is 9.17. The minimum atomic E-state index is -0.209. The second-order valence-electron chi connectivity index (χ2n) is 9.17. The number of guanidine groups is 1. The number of hydrogen-bond acceptors (Lipinski definition) is 5. The van der Waals surface area contributed by atoms with Gasteiger partial charge in [0.1, 0.15) is 17.1 Å². The number of benzene rings is 1. The number of aromatic nitrogens is 4. The van der Waals surface area contributed by atoms with Crippen LogP contribution in [0.4, 0.5) is 5.69 Å².